The first kappa shape index (κ1) is 17.3. The Kier molecular flexibility index (Phi) is 6.40. The standard InChI is InChI=1S/C17H25N3O3/c1-14(21)20-11-9-19(10-12-20)13-17(22)18-8-7-15-3-5-16(23-2)6-4-15/h3-6H,7-13H2,1-2H3,(H,18,22). The van der Waals surface area contributed by atoms with E-state index in [-0.39, 0.29) is 11.8 Å². The zero-order valence-corrected chi connectivity index (χ0v) is 13.9. The first-order valence-electron chi connectivity index (χ1n) is 7.96. The number of benzene rings is 1. The van der Waals surface area contributed by atoms with Crippen molar-refractivity contribution in [3.05, 3.63) is 29.8 Å². The van der Waals surface area contributed by atoms with Crippen LogP contribution in [0.15, 0.2) is 24.3 Å². The molecule has 2 rings (SSSR count). The van der Waals surface area contributed by atoms with Crippen molar-refractivity contribution < 1.29 is 14.3 Å². The van der Waals surface area contributed by atoms with Gasteiger partial charge in [-0.15, -0.1) is 0 Å². The van der Waals surface area contributed by atoms with Crippen molar-refractivity contribution in [2.45, 2.75) is 13.3 Å². The molecule has 1 heterocycles. The van der Waals surface area contributed by atoms with Gasteiger partial charge >= 0.3 is 0 Å². The average Bonchev–Trinajstić information content (AvgIpc) is 2.56. The molecule has 6 nitrogen and oxygen atoms in total. The van der Waals surface area contributed by atoms with E-state index >= 15 is 0 Å². The maximum atomic E-state index is 12.0. The van der Waals surface area contributed by atoms with Crippen LogP contribution in [0.3, 0.4) is 0 Å². The summed E-state index contributed by atoms with van der Waals surface area (Å²) in [7, 11) is 1.64. The van der Waals surface area contributed by atoms with Crippen molar-refractivity contribution in [3.63, 3.8) is 0 Å². The lowest BCUT2D eigenvalue weighted by molar-refractivity contribution is -0.131. The van der Waals surface area contributed by atoms with Crippen LogP contribution in [0.2, 0.25) is 0 Å². The minimum Gasteiger partial charge on any atom is -0.497 e. The Labute approximate surface area is 137 Å². The molecule has 6 heteroatoms. The van der Waals surface area contributed by atoms with Gasteiger partial charge in [-0.1, -0.05) is 12.1 Å². The molecular weight excluding hydrogens is 294 g/mol. The monoisotopic (exact) mass is 319 g/mol. The van der Waals surface area contributed by atoms with Crippen LogP contribution in [-0.2, 0) is 16.0 Å². The Balaban J connectivity index is 1.64. The molecule has 23 heavy (non-hydrogen) atoms. The first-order chi connectivity index (χ1) is 11.1. The van der Waals surface area contributed by atoms with Crippen LogP contribution in [-0.4, -0.2) is 68.0 Å². The van der Waals surface area contributed by atoms with Crippen LogP contribution in [0, 0.1) is 0 Å². The van der Waals surface area contributed by atoms with Gasteiger partial charge in [0.2, 0.25) is 11.8 Å². The highest BCUT2D eigenvalue weighted by atomic mass is 16.5. The van der Waals surface area contributed by atoms with E-state index in [1.165, 1.54) is 5.56 Å². The SMILES string of the molecule is COc1ccc(CCNC(=O)CN2CCN(C(C)=O)CC2)cc1. The summed E-state index contributed by atoms with van der Waals surface area (Å²) in [6.07, 6.45) is 0.799. The molecule has 126 valence electrons. The third kappa shape index (κ3) is 5.56. The van der Waals surface area contributed by atoms with E-state index in [9.17, 15) is 9.59 Å². The molecule has 0 atom stereocenters. The number of rotatable bonds is 6. The molecule has 1 N–H and O–H groups in total. The quantitative estimate of drug-likeness (QED) is 0.830. The van der Waals surface area contributed by atoms with Gasteiger partial charge in [0, 0.05) is 39.6 Å². The second-order valence-electron chi connectivity index (χ2n) is 5.73. The number of ether oxygens (including phenoxy) is 1. The first-order valence-corrected chi connectivity index (χ1v) is 7.96. The van der Waals surface area contributed by atoms with Gasteiger partial charge in [0.1, 0.15) is 5.75 Å². The number of nitrogens with one attached hydrogen (secondary N) is 1. The van der Waals surface area contributed by atoms with E-state index in [2.05, 4.69) is 10.2 Å². The molecule has 0 bridgehead atoms. The van der Waals surface area contributed by atoms with E-state index in [0.29, 0.717) is 26.2 Å². The second-order valence-corrected chi connectivity index (χ2v) is 5.73. The lowest BCUT2D eigenvalue weighted by Crippen LogP contribution is -2.50. The summed E-state index contributed by atoms with van der Waals surface area (Å²) in [5.74, 6) is 0.978. The summed E-state index contributed by atoms with van der Waals surface area (Å²) in [6.45, 7) is 5.52. The van der Waals surface area contributed by atoms with Gasteiger partial charge < -0.3 is 15.0 Å². The molecule has 2 amide bonds. The number of amides is 2. The maximum Gasteiger partial charge on any atom is 0.234 e. The molecular formula is C17H25N3O3. The van der Waals surface area contributed by atoms with Gasteiger partial charge in [0.25, 0.3) is 0 Å². The second kappa shape index (κ2) is 8.53. The summed E-state index contributed by atoms with van der Waals surface area (Å²) in [4.78, 5) is 27.1. The van der Waals surface area contributed by atoms with Crippen LogP contribution in [0.5, 0.6) is 5.75 Å². The van der Waals surface area contributed by atoms with Gasteiger partial charge in [0.15, 0.2) is 0 Å². The van der Waals surface area contributed by atoms with Crippen LogP contribution >= 0.6 is 0 Å². The molecule has 1 aromatic rings. The fourth-order valence-corrected chi connectivity index (χ4v) is 2.62. The van der Waals surface area contributed by atoms with Gasteiger partial charge in [0.05, 0.1) is 13.7 Å². The number of piperazine rings is 1. The van der Waals surface area contributed by atoms with E-state index in [1.54, 1.807) is 14.0 Å². The molecule has 0 spiro atoms. The van der Waals surface area contributed by atoms with Crippen molar-refractivity contribution in [1.82, 2.24) is 15.1 Å². The number of nitrogens with zero attached hydrogens (tertiary/aromatic N) is 2. The lowest BCUT2D eigenvalue weighted by atomic mass is 10.1. The zero-order valence-electron chi connectivity index (χ0n) is 13.9. The summed E-state index contributed by atoms with van der Waals surface area (Å²) < 4.78 is 5.12. The highest BCUT2D eigenvalue weighted by Gasteiger charge is 2.19. The third-order valence-corrected chi connectivity index (χ3v) is 4.08. The minimum atomic E-state index is 0.0368. The molecule has 1 aromatic carbocycles. The zero-order chi connectivity index (χ0) is 16.7. The molecule has 0 radical (unpaired) electrons. The van der Waals surface area contributed by atoms with Gasteiger partial charge in [-0.2, -0.15) is 0 Å². The Morgan fingerprint density at radius 1 is 1.13 bits per heavy atom. The largest absolute Gasteiger partial charge is 0.497 e. The molecule has 1 aliphatic rings. The fourth-order valence-electron chi connectivity index (χ4n) is 2.62. The summed E-state index contributed by atoms with van der Waals surface area (Å²) in [6, 6.07) is 7.86. The van der Waals surface area contributed by atoms with Crippen molar-refractivity contribution >= 4 is 11.8 Å². The highest BCUT2D eigenvalue weighted by Crippen LogP contribution is 2.11. The smallest absolute Gasteiger partial charge is 0.234 e. The predicted octanol–water partition coefficient (Wildman–Crippen LogP) is 0.518. The third-order valence-electron chi connectivity index (χ3n) is 4.08. The molecule has 0 aliphatic carbocycles. The Morgan fingerprint density at radius 2 is 1.78 bits per heavy atom. The number of methoxy groups -OCH3 is 1. The molecule has 1 saturated heterocycles. The number of hydrogen-bond acceptors (Lipinski definition) is 4. The topological polar surface area (TPSA) is 61.9 Å². The Hall–Kier alpha value is -2.08. The van der Waals surface area contributed by atoms with Gasteiger partial charge in [-0.3, -0.25) is 14.5 Å². The Morgan fingerprint density at radius 3 is 2.35 bits per heavy atom. The number of carbonyl (C=O) groups is 2. The molecule has 0 aromatic heterocycles. The minimum absolute atomic E-state index is 0.0368. The van der Waals surface area contributed by atoms with Gasteiger partial charge in [-0.05, 0) is 24.1 Å². The van der Waals surface area contributed by atoms with E-state index in [1.807, 2.05) is 29.2 Å². The fraction of sp³-hybridized carbons (Fsp3) is 0.529. The van der Waals surface area contributed by atoms with Crippen LogP contribution in [0.4, 0.5) is 0 Å². The van der Waals surface area contributed by atoms with Gasteiger partial charge in [-0.25, -0.2) is 0 Å². The average molecular weight is 319 g/mol. The van der Waals surface area contributed by atoms with Crippen molar-refractivity contribution in [1.29, 1.82) is 0 Å². The van der Waals surface area contributed by atoms with Crippen molar-refractivity contribution in [3.8, 4) is 5.75 Å². The number of carbonyl (C=O) groups excluding carboxylic acids is 2. The van der Waals surface area contributed by atoms with Crippen LogP contribution in [0.25, 0.3) is 0 Å². The van der Waals surface area contributed by atoms with Crippen molar-refractivity contribution in [2.75, 3.05) is 46.4 Å². The van der Waals surface area contributed by atoms with E-state index in [0.717, 1.165) is 25.3 Å². The summed E-state index contributed by atoms with van der Waals surface area (Å²) >= 11 is 0. The van der Waals surface area contributed by atoms with Crippen LogP contribution in [0.1, 0.15) is 12.5 Å². The lowest BCUT2D eigenvalue weighted by Gasteiger charge is -2.33. The molecule has 1 aliphatic heterocycles. The number of hydrogen-bond donors (Lipinski definition) is 1. The van der Waals surface area contributed by atoms with E-state index in [4.69, 9.17) is 4.74 Å². The molecule has 0 unspecified atom stereocenters. The predicted molar refractivity (Wildman–Crippen MR) is 88.4 cm³/mol. The summed E-state index contributed by atoms with van der Waals surface area (Å²) in [5.41, 5.74) is 1.17. The highest BCUT2D eigenvalue weighted by molar-refractivity contribution is 5.78. The normalized spacial score (nSPS) is 15.3. The maximum absolute atomic E-state index is 12.0. The van der Waals surface area contributed by atoms with Crippen LogP contribution < -0.4 is 10.1 Å². The van der Waals surface area contributed by atoms with Crippen molar-refractivity contribution in [2.24, 2.45) is 0 Å². The summed E-state index contributed by atoms with van der Waals surface area (Å²) in [5, 5.41) is 2.95. The molecule has 0 saturated carbocycles. The van der Waals surface area contributed by atoms with E-state index < -0.39 is 0 Å². The molecule has 1 fully saturated rings. The Bertz CT molecular complexity index is 522.